The minimum atomic E-state index is 0.514. The average molecular weight is 189 g/mol. The van der Waals surface area contributed by atoms with Crippen LogP contribution in [0.2, 0.25) is 0 Å². The topological polar surface area (TPSA) is 12.5 Å². The molecule has 1 fully saturated rings. The molecule has 1 aliphatic heterocycles. The summed E-state index contributed by atoms with van der Waals surface area (Å²) in [5.41, 5.74) is 0. The molecule has 13 heavy (non-hydrogen) atoms. The maximum Gasteiger partial charge on any atom is 0.0702 e. The van der Waals surface area contributed by atoms with Crippen LogP contribution in [-0.4, -0.2) is 38.3 Å². The third-order valence-corrected chi connectivity index (χ3v) is 1.59. The van der Waals surface area contributed by atoms with Gasteiger partial charge in [-0.2, -0.15) is 0 Å². The van der Waals surface area contributed by atoms with Crippen molar-refractivity contribution in [2.24, 2.45) is 0 Å². The molecule has 0 aromatic rings. The molecule has 0 spiro atoms. The van der Waals surface area contributed by atoms with E-state index in [1.807, 2.05) is 27.7 Å². The highest BCUT2D eigenvalue weighted by molar-refractivity contribution is 4.66. The van der Waals surface area contributed by atoms with E-state index in [2.05, 4.69) is 19.0 Å². The summed E-state index contributed by atoms with van der Waals surface area (Å²) >= 11 is 0. The van der Waals surface area contributed by atoms with Gasteiger partial charge in [0.1, 0.15) is 0 Å². The lowest BCUT2D eigenvalue weighted by Gasteiger charge is -2.14. The normalized spacial score (nSPS) is 20.1. The van der Waals surface area contributed by atoms with E-state index in [-0.39, 0.29) is 0 Å². The lowest BCUT2D eigenvalue weighted by atomic mass is 10.2. The zero-order valence-electron chi connectivity index (χ0n) is 10.3. The summed E-state index contributed by atoms with van der Waals surface area (Å²) in [5, 5.41) is 0. The first-order valence-corrected chi connectivity index (χ1v) is 5.55. The molecular weight excluding hydrogens is 162 g/mol. The van der Waals surface area contributed by atoms with Crippen LogP contribution >= 0.6 is 0 Å². The Balaban J connectivity index is 0. The van der Waals surface area contributed by atoms with Crippen LogP contribution in [0.25, 0.3) is 0 Å². The van der Waals surface area contributed by atoms with Gasteiger partial charge in [0.2, 0.25) is 0 Å². The summed E-state index contributed by atoms with van der Waals surface area (Å²) in [6.07, 6.45) is 3.01. The molecule has 0 aliphatic carbocycles. The summed E-state index contributed by atoms with van der Waals surface area (Å²) in [4.78, 5) is 2.18. The van der Waals surface area contributed by atoms with Crippen molar-refractivity contribution in [2.75, 3.05) is 27.2 Å². The van der Waals surface area contributed by atoms with Crippen LogP contribution in [0.4, 0.5) is 0 Å². The van der Waals surface area contributed by atoms with E-state index in [4.69, 9.17) is 4.74 Å². The van der Waals surface area contributed by atoms with Crippen LogP contribution < -0.4 is 0 Å². The Morgan fingerprint density at radius 1 is 1.15 bits per heavy atom. The molecule has 2 nitrogen and oxygen atoms in total. The van der Waals surface area contributed by atoms with Gasteiger partial charge in [0.25, 0.3) is 0 Å². The molecule has 0 amide bonds. The predicted molar refractivity (Wildman–Crippen MR) is 60.2 cm³/mol. The van der Waals surface area contributed by atoms with Gasteiger partial charge >= 0.3 is 0 Å². The average Bonchev–Trinajstić information content (AvgIpc) is 2.63. The molecule has 1 heterocycles. The highest BCUT2D eigenvalue weighted by Crippen LogP contribution is 2.11. The summed E-state index contributed by atoms with van der Waals surface area (Å²) < 4.78 is 5.42. The van der Waals surface area contributed by atoms with Gasteiger partial charge in [-0.15, -0.1) is 0 Å². The standard InChI is InChI=1S/C7H15NO.2C2H6/c1-8(2)6-7-4-3-5-9-7;2*1-2/h7H,3-6H2,1-2H3;2*1-2H3. The van der Waals surface area contributed by atoms with Gasteiger partial charge in [-0.05, 0) is 26.9 Å². The van der Waals surface area contributed by atoms with Crippen molar-refractivity contribution >= 4 is 0 Å². The zero-order valence-corrected chi connectivity index (χ0v) is 10.3. The van der Waals surface area contributed by atoms with E-state index in [9.17, 15) is 0 Å². The molecule has 0 saturated carbocycles. The first kappa shape index (κ1) is 15.4. The highest BCUT2D eigenvalue weighted by atomic mass is 16.5. The fourth-order valence-electron chi connectivity index (χ4n) is 1.20. The molecule has 2 heteroatoms. The molecule has 1 saturated heterocycles. The molecule has 0 radical (unpaired) electrons. The van der Waals surface area contributed by atoms with Crippen LogP contribution in [0.5, 0.6) is 0 Å². The lowest BCUT2D eigenvalue weighted by molar-refractivity contribution is 0.0878. The Morgan fingerprint density at radius 2 is 1.69 bits per heavy atom. The summed E-state index contributed by atoms with van der Waals surface area (Å²) in [7, 11) is 4.17. The molecule has 0 N–H and O–H groups in total. The van der Waals surface area contributed by atoms with E-state index >= 15 is 0 Å². The van der Waals surface area contributed by atoms with Gasteiger partial charge in [-0.3, -0.25) is 0 Å². The van der Waals surface area contributed by atoms with E-state index in [1.54, 1.807) is 0 Å². The molecule has 1 unspecified atom stereocenters. The van der Waals surface area contributed by atoms with Crippen LogP contribution in [0, 0.1) is 0 Å². The van der Waals surface area contributed by atoms with E-state index in [0.717, 1.165) is 13.2 Å². The minimum Gasteiger partial charge on any atom is -0.377 e. The fourth-order valence-corrected chi connectivity index (χ4v) is 1.20. The van der Waals surface area contributed by atoms with Crippen molar-refractivity contribution < 1.29 is 4.74 Å². The van der Waals surface area contributed by atoms with Crippen molar-refractivity contribution in [1.82, 2.24) is 4.90 Å². The Hall–Kier alpha value is -0.0800. The molecule has 0 bridgehead atoms. The number of hydrogen-bond donors (Lipinski definition) is 0. The van der Waals surface area contributed by atoms with Crippen molar-refractivity contribution in [2.45, 2.75) is 46.6 Å². The smallest absolute Gasteiger partial charge is 0.0702 e. The molecular formula is C11H27NO. The quantitative estimate of drug-likeness (QED) is 0.662. The Kier molecular flexibility index (Phi) is 14.1. The van der Waals surface area contributed by atoms with Gasteiger partial charge in [0, 0.05) is 13.2 Å². The molecule has 1 rings (SSSR count). The van der Waals surface area contributed by atoms with E-state index in [0.29, 0.717) is 6.10 Å². The van der Waals surface area contributed by atoms with Crippen molar-refractivity contribution in [3.8, 4) is 0 Å². The van der Waals surface area contributed by atoms with Crippen LogP contribution in [0.1, 0.15) is 40.5 Å². The third kappa shape index (κ3) is 9.84. The SMILES string of the molecule is CC.CC.CN(C)CC1CCCO1. The molecule has 82 valence electrons. The maximum absolute atomic E-state index is 5.42. The van der Waals surface area contributed by atoms with Crippen molar-refractivity contribution in [3.63, 3.8) is 0 Å². The number of hydrogen-bond acceptors (Lipinski definition) is 2. The second kappa shape index (κ2) is 11.9. The molecule has 1 atom stereocenters. The predicted octanol–water partition coefficient (Wildman–Crippen LogP) is 2.78. The van der Waals surface area contributed by atoms with Crippen molar-refractivity contribution in [1.29, 1.82) is 0 Å². The van der Waals surface area contributed by atoms with E-state index in [1.165, 1.54) is 12.8 Å². The first-order valence-electron chi connectivity index (χ1n) is 5.55. The number of ether oxygens (including phenoxy) is 1. The van der Waals surface area contributed by atoms with Gasteiger partial charge < -0.3 is 9.64 Å². The highest BCUT2D eigenvalue weighted by Gasteiger charge is 2.15. The molecule has 0 aromatic carbocycles. The summed E-state index contributed by atoms with van der Waals surface area (Å²) in [6, 6.07) is 0. The maximum atomic E-state index is 5.42. The fraction of sp³-hybridized carbons (Fsp3) is 1.00. The third-order valence-electron chi connectivity index (χ3n) is 1.59. The van der Waals surface area contributed by atoms with Gasteiger partial charge in [0.05, 0.1) is 6.10 Å². The molecule has 1 aliphatic rings. The second-order valence-corrected chi connectivity index (χ2v) is 2.90. The zero-order chi connectivity index (χ0) is 10.7. The van der Waals surface area contributed by atoms with Gasteiger partial charge in [0.15, 0.2) is 0 Å². The monoisotopic (exact) mass is 189 g/mol. The number of nitrogens with zero attached hydrogens (tertiary/aromatic N) is 1. The lowest BCUT2D eigenvalue weighted by Crippen LogP contribution is -2.24. The van der Waals surface area contributed by atoms with E-state index < -0.39 is 0 Å². The van der Waals surface area contributed by atoms with Crippen LogP contribution in [-0.2, 0) is 4.74 Å². The van der Waals surface area contributed by atoms with Gasteiger partial charge in [-0.1, -0.05) is 27.7 Å². The summed E-state index contributed by atoms with van der Waals surface area (Å²) in [5.74, 6) is 0. The summed E-state index contributed by atoms with van der Waals surface area (Å²) in [6.45, 7) is 10.1. The Morgan fingerprint density at radius 3 is 2.00 bits per heavy atom. The Bertz CT molecular complexity index is 78.2. The molecule has 0 aromatic heterocycles. The largest absolute Gasteiger partial charge is 0.377 e. The van der Waals surface area contributed by atoms with Crippen LogP contribution in [0.15, 0.2) is 0 Å². The number of rotatable bonds is 2. The second-order valence-electron chi connectivity index (χ2n) is 2.90. The number of likely N-dealkylation sites (N-methyl/N-ethyl adjacent to an activating group) is 1. The van der Waals surface area contributed by atoms with Crippen molar-refractivity contribution in [3.05, 3.63) is 0 Å². The first-order chi connectivity index (χ1) is 6.29. The minimum absolute atomic E-state index is 0.514. The Labute approximate surface area is 84.3 Å². The van der Waals surface area contributed by atoms with Crippen LogP contribution in [0.3, 0.4) is 0 Å². The van der Waals surface area contributed by atoms with Gasteiger partial charge in [-0.25, -0.2) is 0 Å².